The molecule has 2 rings (SSSR count). The van der Waals surface area contributed by atoms with Crippen LogP contribution in [0.4, 0.5) is 4.39 Å². The summed E-state index contributed by atoms with van der Waals surface area (Å²) in [5.41, 5.74) is 0.528. The van der Waals surface area contributed by atoms with E-state index < -0.39 is 0 Å². The number of guanidine groups is 1. The van der Waals surface area contributed by atoms with Crippen molar-refractivity contribution in [3.63, 3.8) is 0 Å². The van der Waals surface area contributed by atoms with Crippen LogP contribution in [0.15, 0.2) is 23.2 Å². The first-order valence-electron chi connectivity index (χ1n) is 9.35. The first-order chi connectivity index (χ1) is 12.7. The first-order valence-corrected chi connectivity index (χ1v) is 9.73. The highest BCUT2D eigenvalue weighted by molar-refractivity contribution is 6.31. The molecule has 1 aromatic carbocycles. The smallest absolute Gasteiger partial charge is 0.191 e. The molecule has 1 aliphatic rings. The lowest BCUT2D eigenvalue weighted by molar-refractivity contribution is 0.0171. The van der Waals surface area contributed by atoms with Crippen molar-refractivity contribution >= 4 is 17.6 Å². The van der Waals surface area contributed by atoms with Crippen LogP contribution in [0.5, 0.6) is 0 Å². The van der Waals surface area contributed by atoms with Gasteiger partial charge in [-0.15, -0.1) is 0 Å². The van der Waals surface area contributed by atoms with E-state index in [0.717, 1.165) is 38.4 Å². The molecular weight excluding hydrogens is 357 g/mol. The Morgan fingerprint density at radius 2 is 2.31 bits per heavy atom. The van der Waals surface area contributed by atoms with Crippen LogP contribution < -0.4 is 10.6 Å². The standard InChI is InChI=1S/C19H29ClFN3O2/c1-2-22-19(23-10-5-12-25-14-15-6-4-13-26-15)24-11-9-16-17(20)7-3-8-18(16)21/h3,7-8,15H,2,4-6,9-14H2,1H3,(H2,22,23,24). The number of hydrogen-bond acceptors (Lipinski definition) is 3. The number of aliphatic imine (C=N–C) groups is 1. The van der Waals surface area contributed by atoms with Gasteiger partial charge in [0.2, 0.25) is 0 Å². The monoisotopic (exact) mass is 385 g/mol. The van der Waals surface area contributed by atoms with Gasteiger partial charge in [0.1, 0.15) is 5.82 Å². The number of nitrogens with zero attached hydrogens (tertiary/aromatic N) is 1. The summed E-state index contributed by atoms with van der Waals surface area (Å²) < 4.78 is 24.9. The highest BCUT2D eigenvalue weighted by Crippen LogP contribution is 2.18. The SMILES string of the molecule is CCNC(=NCCCOCC1CCCO1)NCCc1c(F)cccc1Cl. The number of hydrogen-bond donors (Lipinski definition) is 2. The van der Waals surface area contributed by atoms with E-state index in [1.807, 2.05) is 6.92 Å². The van der Waals surface area contributed by atoms with Crippen LogP contribution >= 0.6 is 11.6 Å². The maximum absolute atomic E-state index is 13.8. The average molecular weight is 386 g/mol. The zero-order valence-corrected chi connectivity index (χ0v) is 16.2. The van der Waals surface area contributed by atoms with Gasteiger partial charge in [0.05, 0.1) is 12.7 Å². The molecule has 5 nitrogen and oxygen atoms in total. The van der Waals surface area contributed by atoms with Gasteiger partial charge < -0.3 is 20.1 Å². The Labute approximate surface area is 160 Å². The van der Waals surface area contributed by atoms with Gasteiger partial charge in [-0.2, -0.15) is 0 Å². The topological polar surface area (TPSA) is 54.9 Å². The minimum Gasteiger partial charge on any atom is -0.379 e. The fraction of sp³-hybridized carbons (Fsp3) is 0.632. The van der Waals surface area contributed by atoms with E-state index in [4.69, 9.17) is 21.1 Å². The van der Waals surface area contributed by atoms with E-state index in [1.54, 1.807) is 12.1 Å². The highest BCUT2D eigenvalue weighted by Gasteiger charge is 2.14. The largest absolute Gasteiger partial charge is 0.379 e. The lowest BCUT2D eigenvalue weighted by Gasteiger charge is -2.12. The molecule has 1 aromatic rings. The maximum atomic E-state index is 13.8. The summed E-state index contributed by atoms with van der Waals surface area (Å²) in [6, 6.07) is 4.74. The lowest BCUT2D eigenvalue weighted by atomic mass is 10.1. The Morgan fingerprint density at radius 3 is 3.04 bits per heavy atom. The van der Waals surface area contributed by atoms with Crippen LogP contribution in [0, 0.1) is 5.82 Å². The summed E-state index contributed by atoms with van der Waals surface area (Å²) in [7, 11) is 0. The predicted octanol–water partition coefficient (Wildman–Crippen LogP) is 3.16. The Hall–Kier alpha value is -1.37. The lowest BCUT2D eigenvalue weighted by Crippen LogP contribution is -2.38. The maximum Gasteiger partial charge on any atom is 0.191 e. The summed E-state index contributed by atoms with van der Waals surface area (Å²) >= 11 is 6.05. The molecule has 0 bridgehead atoms. The molecule has 1 aliphatic heterocycles. The second-order valence-corrected chi connectivity index (χ2v) is 6.61. The van der Waals surface area contributed by atoms with Crippen molar-refractivity contribution < 1.29 is 13.9 Å². The van der Waals surface area contributed by atoms with E-state index in [1.165, 1.54) is 6.07 Å². The molecule has 1 atom stereocenters. The first kappa shape index (κ1) is 20.9. The third kappa shape index (κ3) is 7.48. The molecule has 0 saturated carbocycles. The van der Waals surface area contributed by atoms with Gasteiger partial charge in [-0.05, 0) is 44.7 Å². The highest BCUT2D eigenvalue weighted by atomic mass is 35.5. The molecule has 7 heteroatoms. The molecule has 1 saturated heterocycles. The normalized spacial score (nSPS) is 17.5. The van der Waals surface area contributed by atoms with E-state index in [0.29, 0.717) is 43.3 Å². The summed E-state index contributed by atoms with van der Waals surface area (Å²) in [5, 5.41) is 6.85. The molecule has 1 heterocycles. The van der Waals surface area contributed by atoms with Crippen molar-refractivity contribution in [3.8, 4) is 0 Å². The second-order valence-electron chi connectivity index (χ2n) is 6.20. The van der Waals surface area contributed by atoms with Crippen LogP contribution in [-0.2, 0) is 15.9 Å². The van der Waals surface area contributed by atoms with Crippen LogP contribution in [0.25, 0.3) is 0 Å². The molecule has 0 aromatic heterocycles. The van der Waals surface area contributed by atoms with E-state index >= 15 is 0 Å². The average Bonchev–Trinajstić information content (AvgIpc) is 3.13. The van der Waals surface area contributed by atoms with Crippen molar-refractivity contribution in [2.24, 2.45) is 4.99 Å². The Kier molecular flexibility index (Phi) is 9.74. The predicted molar refractivity (Wildman–Crippen MR) is 104 cm³/mol. The number of rotatable bonds is 10. The third-order valence-electron chi connectivity index (χ3n) is 4.12. The molecule has 0 aliphatic carbocycles. The zero-order valence-electron chi connectivity index (χ0n) is 15.4. The molecule has 0 spiro atoms. The van der Waals surface area contributed by atoms with Gasteiger partial charge in [0.15, 0.2) is 5.96 Å². The van der Waals surface area contributed by atoms with Gasteiger partial charge in [-0.25, -0.2) is 4.39 Å². The molecule has 2 N–H and O–H groups in total. The number of halogens is 2. The minimum atomic E-state index is -0.273. The van der Waals surface area contributed by atoms with Crippen LogP contribution in [0.2, 0.25) is 5.02 Å². The van der Waals surface area contributed by atoms with Gasteiger partial charge in [0, 0.05) is 43.4 Å². The molecule has 146 valence electrons. The fourth-order valence-corrected chi connectivity index (χ4v) is 3.02. The summed E-state index contributed by atoms with van der Waals surface area (Å²) in [6.45, 7) is 6.20. The van der Waals surface area contributed by atoms with Gasteiger partial charge in [-0.3, -0.25) is 4.99 Å². The quantitative estimate of drug-likeness (QED) is 0.369. The fourth-order valence-electron chi connectivity index (χ4n) is 2.77. The molecule has 26 heavy (non-hydrogen) atoms. The number of nitrogens with one attached hydrogen (secondary N) is 2. The van der Waals surface area contributed by atoms with Gasteiger partial charge >= 0.3 is 0 Å². The van der Waals surface area contributed by atoms with Crippen LogP contribution in [0.1, 0.15) is 31.7 Å². The van der Waals surface area contributed by atoms with Crippen molar-refractivity contribution in [2.75, 3.05) is 39.5 Å². The summed E-state index contributed by atoms with van der Waals surface area (Å²) in [6.07, 6.45) is 3.85. The molecule has 0 amide bonds. The molecule has 1 unspecified atom stereocenters. The molecule has 0 radical (unpaired) electrons. The van der Waals surface area contributed by atoms with Crippen molar-refractivity contribution in [2.45, 2.75) is 38.7 Å². The van der Waals surface area contributed by atoms with Crippen molar-refractivity contribution in [1.29, 1.82) is 0 Å². The number of benzene rings is 1. The van der Waals surface area contributed by atoms with Gasteiger partial charge in [0.25, 0.3) is 0 Å². The van der Waals surface area contributed by atoms with E-state index in [2.05, 4.69) is 15.6 Å². The zero-order chi connectivity index (χ0) is 18.6. The minimum absolute atomic E-state index is 0.266. The molecular formula is C19H29ClFN3O2. The Bertz CT molecular complexity index is 545. The van der Waals surface area contributed by atoms with Crippen LogP contribution in [-0.4, -0.2) is 51.5 Å². The number of ether oxygens (including phenoxy) is 2. The Morgan fingerprint density at radius 1 is 1.42 bits per heavy atom. The van der Waals surface area contributed by atoms with Crippen molar-refractivity contribution in [3.05, 3.63) is 34.6 Å². The van der Waals surface area contributed by atoms with Gasteiger partial charge in [-0.1, -0.05) is 17.7 Å². The van der Waals surface area contributed by atoms with E-state index in [9.17, 15) is 4.39 Å². The molecule has 1 fully saturated rings. The Balaban J connectivity index is 1.65. The van der Waals surface area contributed by atoms with Crippen molar-refractivity contribution in [1.82, 2.24) is 10.6 Å². The second kappa shape index (κ2) is 12.1. The van der Waals surface area contributed by atoms with Crippen LogP contribution in [0.3, 0.4) is 0 Å². The van der Waals surface area contributed by atoms with E-state index in [-0.39, 0.29) is 11.9 Å². The summed E-state index contributed by atoms with van der Waals surface area (Å²) in [4.78, 5) is 4.52. The third-order valence-corrected chi connectivity index (χ3v) is 4.47. The summed E-state index contributed by atoms with van der Waals surface area (Å²) in [5.74, 6) is 0.448.